The van der Waals surface area contributed by atoms with Crippen LogP contribution in [-0.2, 0) is 25.5 Å². The molecule has 4 N–H and O–H groups in total. The summed E-state index contributed by atoms with van der Waals surface area (Å²) < 4.78 is 44.0. The van der Waals surface area contributed by atoms with Crippen LogP contribution >= 0.6 is 11.3 Å². The summed E-state index contributed by atoms with van der Waals surface area (Å²) in [5.41, 5.74) is 6.49. The van der Waals surface area contributed by atoms with Gasteiger partial charge in [-0.25, -0.2) is 4.98 Å². The zero-order valence-corrected chi connectivity index (χ0v) is 25.6. The summed E-state index contributed by atoms with van der Waals surface area (Å²) in [6.07, 6.45) is -6.53. The van der Waals surface area contributed by atoms with Gasteiger partial charge in [-0.2, -0.15) is 13.2 Å². The van der Waals surface area contributed by atoms with Gasteiger partial charge >= 0.3 is 18.1 Å². The Bertz CT molecular complexity index is 1240. The van der Waals surface area contributed by atoms with E-state index in [4.69, 9.17) is 10.5 Å². The first-order chi connectivity index (χ1) is 20.0. The fourth-order valence-corrected chi connectivity index (χ4v) is 5.52. The maximum absolute atomic E-state index is 13.2. The average Bonchev–Trinajstić information content (AvgIpc) is 3.40. The number of ether oxygens (including phenoxy) is 1. The van der Waals surface area contributed by atoms with Crippen LogP contribution in [0.25, 0.3) is 0 Å². The van der Waals surface area contributed by atoms with E-state index >= 15 is 0 Å². The van der Waals surface area contributed by atoms with E-state index in [0.29, 0.717) is 6.42 Å². The molecule has 0 aliphatic carbocycles. The quantitative estimate of drug-likeness (QED) is 0.246. The zero-order valence-electron chi connectivity index (χ0n) is 24.8. The van der Waals surface area contributed by atoms with Gasteiger partial charge in [-0.15, -0.1) is 11.3 Å². The Balaban J connectivity index is 2.26. The molecular formula is C29H39F3N4O6S. The number of rotatable bonds is 15. The number of benzene rings is 1. The lowest BCUT2D eigenvalue weighted by Gasteiger charge is -2.35. The summed E-state index contributed by atoms with van der Waals surface area (Å²) in [6.45, 7) is 6.27. The van der Waals surface area contributed by atoms with E-state index in [2.05, 4.69) is 10.3 Å². The lowest BCUT2D eigenvalue weighted by Crippen LogP contribution is -2.50. The zero-order chi connectivity index (χ0) is 32.5. The molecule has 0 aliphatic rings. The molecule has 2 amide bonds. The molecule has 0 saturated heterocycles. The third-order valence-electron chi connectivity index (χ3n) is 6.90. The molecule has 43 heavy (non-hydrogen) atoms. The average molecular weight is 629 g/mol. The SMILES string of the molecule is CC(=O)O[C@H](C[C@H](C(C)C)N(C)C(=O)[C@@H](N)CC(F)(F)F)c1nc(C(=O)N[C@@H](Cc2ccccc2)C[C@H](C)C(=O)O)cs1. The number of thiazole rings is 1. The summed E-state index contributed by atoms with van der Waals surface area (Å²) in [5, 5.41) is 14.0. The first kappa shape index (κ1) is 35.7. The van der Waals surface area contributed by atoms with Gasteiger partial charge in [0.2, 0.25) is 5.91 Å². The van der Waals surface area contributed by atoms with Gasteiger partial charge in [0.25, 0.3) is 5.91 Å². The van der Waals surface area contributed by atoms with E-state index in [1.165, 1.54) is 19.4 Å². The molecule has 0 fully saturated rings. The van der Waals surface area contributed by atoms with E-state index in [0.717, 1.165) is 21.8 Å². The maximum Gasteiger partial charge on any atom is 0.391 e. The number of esters is 1. The fraction of sp³-hybridized carbons (Fsp3) is 0.552. The van der Waals surface area contributed by atoms with Crippen molar-refractivity contribution in [2.24, 2.45) is 17.6 Å². The number of hydrogen-bond donors (Lipinski definition) is 3. The molecule has 1 heterocycles. The Kier molecular flexibility index (Phi) is 13.1. The predicted molar refractivity (Wildman–Crippen MR) is 154 cm³/mol. The number of alkyl halides is 3. The van der Waals surface area contributed by atoms with E-state index in [1.807, 2.05) is 30.3 Å². The normalized spacial score (nSPS) is 15.2. The van der Waals surface area contributed by atoms with E-state index in [-0.39, 0.29) is 29.5 Å². The van der Waals surface area contributed by atoms with Crippen LogP contribution in [-0.4, -0.2) is 70.1 Å². The number of nitrogens with two attached hydrogens (primary N) is 1. The predicted octanol–water partition coefficient (Wildman–Crippen LogP) is 4.35. The highest BCUT2D eigenvalue weighted by atomic mass is 32.1. The molecule has 10 nitrogen and oxygen atoms in total. The van der Waals surface area contributed by atoms with Crippen molar-refractivity contribution in [2.75, 3.05) is 7.05 Å². The molecule has 0 aliphatic heterocycles. The van der Waals surface area contributed by atoms with Crippen molar-refractivity contribution in [3.63, 3.8) is 0 Å². The smallest absolute Gasteiger partial charge is 0.391 e. The number of nitrogens with one attached hydrogen (secondary N) is 1. The Morgan fingerprint density at radius 2 is 1.74 bits per heavy atom. The monoisotopic (exact) mass is 628 g/mol. The van der Waals surface area contributed by atoms with Gasteiger partial charge in [0.05, 0.1) is 18.4 Å². The van der Waals surface area contributed by atoms with Crippen LogP contribution in [0, 0.1) is 11.8 Å². The van der Waals surface area contributed by atoms with Crippen molar-refractivity contribution < 1.29 is 42.2 Å². The first-order valence-electron chi connectivity index (χ1n) is 13.8. The van der Waals surface area contributed by atoms with Crippen molar-refractivity contribution in [2.45, 2.75) is 83.8 Å². The molecular weight excluding hydrogens is 589 g/mol. The topological polar surface area (TPSA) is 152 Å². The number of carboxylic acids is 1. The Hall–Kier alpha value is -3.52. The van der Waals surface area contributed by atoms with Crippen LogP contribution in [0.3, 0.4) is 0 Å². The molecule has 0 unspecified atom stereocenters. The number of nitrogens with zero attached hydrogens (tertiary/aromatic N) is 2. The highest BCUT2D eigenvalue weighted by molar-refractivity contribution is 7.09. The lowest BCUT2D eigenvalue weighted by atomic mass is 9.95. The molecule has 5 atom stereocenters. The van der Waals surface area contributed by atoms with Gasteiger partial charge in [-0.05, 0) is 24.3 Å². The highest BCUT2D eigenvalue weighted by Crippen LogP contribution is 2.31. The first-order valence-corrected chi connectivity index (χ1v) is 14.7. The lowest BCUT2D eigenvalue weighted by molar-refractivity contribution is -0.155. The highest BCUT2D eigenvalue weighted by Gasteiger charge is 2.37. The minimum Gasteiger partial charge on any atom is -0.481 e. The standard InChI is InChI=1S/C29H39F3N4O6S/c1-16(2)23(36(5)27(39)21(33)14-29(30,31)32)13-24(42-18(4)37)26-35-22(15-43-26)25(38)34-20(11-17(3)28(40)41)12-19-9-7-6-8-10-19/h6-10,15-17,20-21,23-24H,11-14,33H2,1-5H3,(H,34,38)(H,40,41)/t17-,20+,21-,23+,24+/m0/s1. The van der Waals surface area contributed by atoms with Gasteiger partial charge in [0.1, 0.15) is 10.7 Å². The van der Waals surface area contributed by atoms with Gasteiger partial charge in [0, 0.05) is 37.9 Å². The minimum absolute atomic E-state index is 0.000441. The molecule has 0 spiro atoms. The Labute approximate surface area is 252 Å². The van der Waals surface area contributed by atoms with Crippen LogP contribution < -0.4 is 11.1 Å². The summed E-state index contributed by atoms with van der Waals surface area (Å²) in [7, 11) is 1.35. The van der Waals surface area contributed by atoms with E-state index in [1.54, 1.807) is 20.8 Å². The van der Waals surface area contributed by atoms with Crippen molar-refractivity contribution in [3.05, 3.63) is 52.0 Å². The van der Waals surface area contributed by atoms with Gasteiger partial charge in [-0.1, -0.05) is 51.1 Å². The number of amides is 2. The summed E-state index contributed by atoms with van der Waals surface area (Å²) in [4.78, 5) is 54.9. The molecule has 0 saturated carbocycles. The number of aromatic nitrogens is 1. The Morgan fingerprint density at radius 3 is 2.28 bits per heavy atom. The van der Waals surface area contributed by atoms with Crippen LogP contribution in [0.5, 0.6) is 0 Å². The number of halogens is 3. The molecule has 1 aromatic carbocycles. The van der Waals surface area contributed by atoms with Crippen molar-refractivity contribution >= 4 is 35.1 Å². The van der Waals surface area contributed by atoms with Crippen LogP contribution in [0.1, 0.15) is 74.1 Å². The Morgan fingerprint density at radius 1 is 1.12 bits per heavy atom. The van der Waals surface area contributed by atoms with E-state index in [9.17, 15) is 37.5 Å². The van der Waals surface area contributed by atoms with Gasteiger partial charge in [0.15, 0.2) is 6.10 Å². The largest absolute Gasteiger partial charge is 0.481 e. The number of carbonyl (C=O) groups excluding carboxylic acids is 3. The van der Waals surface area contributed by atoms with Crippen LogP contribution in [0.2, 0.25) is 0 Å². The molecule has 2 rings (SSSR count). The van der Waals surface area contributed by atoms with Gasteiger partial charge < -0.3 is 25.8 Å². The summed E-state index contributed by atoms with van der Waals surface area (Å²) >= 11 is 1.05. The maximum atomic E-state index is 13.2. The fourth-order valence-electron chi connectivity index (χ4n) is 4.68. The van der Waals surface area contributed by atoms with Crippen LogP contribution in [0.4, 0.5) is 13.2 Å². The van der Waals surface area contributed by atoms with Crippen molar-refractivity contribution in [1.29, 1.82) is 0 Å². The third kappa shape index (κ3) is 11.6. The van der Waals surface area contributed by atoms with Crippen molar-refractivity contribution in [1.82, 2.24) is 15.2 Å². The molecule has 0 bridgehead atoms. The molecule has 0 radical (unpaired) electrons. The minimum atomic E-state index is -4.62. The van der Waals surface area contributed by atoms with Crippen molar-refractivity contribution in [3.8, 4) is 0 Å². The number of hydrogen-bond acceptors (Lipinski definition) is 8. The summed E-state index contributed by atoms with van der Waals surface area (Å²) in [5.74, 6) is -4.07. The number of aliphatic carboxylic acids is 1. The number of carbonyl (C=O) groups is 4. The molecule has 238 valence electrons. The number of carboxylic acid groups (broad SMARTS) is 1. The molecule has 14 heteroatoms. The third-order valence-corrected chi connectivity index (χ3v) is 7.83. The second-order valence-electron chi connectivity index (χ2n) is 10.9. The molecule has 2 aromatic rings. The van der Waals surface area contributed by atoms with Crippen LogP contribution in [0.15, 0.2) is 35.7 Å². The second-order valence-corrected chi connectivity index (χ2v) is 11.8. The van der Waals surface area contributed by atoms with Gasteiger partial charge in [-0.3, -0.25) is 19.2 Å². The molecule has 1 aromatic heterocycles. The summed E-state index contributed by atoms with van der Waals surface area (Å²) in [6, 6.07) is 6.30. The van der Waals surface area contributed by atoms with E-state index < -0.39 is 66.5 Å². The number of likely N-dealkylation sites (N-methyl/N-ethyl adjacent to an activating group) is 1. The second kappa shape index (κ2) is 15.8.